The highest BCUT2D eigenvalue weighted by atomic mass is 32.1. The second-order valence-electron chi connectivity index (χ2n) is 6.17. The molecule has 0 saturated heterocycles. The van der Waals surface area contributed by atoms with Gasteiger partial charge in [-0.05, 0) is 26.0 Å². The number of amides is 1. The molecule has 0 aliphatic heterocycles. The molecule has 10 heteroatoms. The maximum absolute atomic E-state index is 12.3. The number of benzene rings is 1. The Balaban J connectivity index is 1.49. The highest BCUT2D eigenvalue weighted by Gasteiger charge is 2.23. The summed E-state index contributed by atoms with van der Waals surface area (Å²) in [6.45, 7) is 2.97. The van der Waals surface area contributed by atoms with Gasteiger partial charge >= 0.3 is 5.69 Å². The number of fused-ring (bicyclic) bond motifs is 1. The van der Waals surface area contributed by atoms with Crippen molar-refractivity contribution >= 4 is 39.0 Å². The summed E-state index contributed by atoms with van der Waals surface area (Å²) in [6.07, 6.45) is 0. The first kappa shape index (κ1) is 17.9. The summed E-state index contributed by atoms with van der Waals surface area (Å²) in [4.78, 5) is 27.3. The molecule has 9 nitrogen and oxygen atoms in total. The number of carbonyl (C=O) groups excluding carboxylic acids is 1. The standard InChI is InChI=1S/C18H15N5O4S/c1-10-17(23(25)26)11(2)22(21-10)8-16(24)20-18-19-13(9-28-18)15-7-12-5-3-4-6-14(12)27-15/h3-7,9H,8H2,1-2H3,(H,19,20,24). The molecule has 0 bridgehead atoms. The lowest BCUT2D eigenvalue weighted by molar-refractivity contribution is -0.386. The molecule has 0 saturated carbocycles. The van der Waals surface area contributed by atoms with E-state index in [9.17, 15) is 14.9 Å². The summed E-state index contributed by atoms with van der Waals surface area (Å²) < 4.78 is 7.09. The van der Waals surface area contributed by atoms with E-state index in [4.69, 9.17) is 4.42 Å². The molecular formula is C18H15N5O4S. The van der Waals surface area contributed by atoms with E-state index in [1.807, 2.05) is 30.3 Å². The van der Waals surface area contributed by atoms with Gasteiger partial charge in [-0.25, -0.2) is 4.98 Å². The van der Waals surface area contributed by atoms with E-state index in [-0.39, 0.29) is 23.8 Å². The van der Waals surface area contributed by atoms with Gasteiger partial charge in [0, 0.05) is 10.8 Å². The Bertz CT molecular complexity index is 1170. The molecule has 3 heterocycles. The van der Waals surface area contributed by atoms with Crippen LogP contribution in [-0.2, 0) is 11.3 Å². The maximum Gasteiger partial charge on any atom is 0.312 e. The number of nitrogens with one attached hydrogen (secondary N) is 1. The Morgan fingerprint density at radius 2 is 2.14 bits per heavy atom. The Kier molecular flexibility index (Phi) is 4.40. The van der Waals surface area contributed by atoms with Crippen molar-refractivity contribution in [3.8, 4) is 11.5 Å². The van der Waals surface area contributed by atoms with Gasteiger partial charge in [-0.15, -0.1) is 11.3 Å². The largest absolute Gasteiger partial charge is 0.454 e. The molecule has 0 aliphatic rings. The van der Waals surface area contributed by atoms with Crippen molar-refractivity contribution in [1.29, 1.82) is 0 Å². The number of nitrogens with zero attached hydrogens (tertiary/aromatic N) is 4. The van der Waals surface area contributed by atoms with Crippen LogP contribution in [0.3, 0.4) is 0 Å². The van der Waals surface area contributed by atoms with Crippen molar-refractivity contribution in [1.82, 2.24) is 14.8 Å². The SMILES string of the molecule is Cc1nn(CC(=O)Nc2nc(-c3cc4ccccc4o3)cs2)c(C)c1[N+](=O)[O-]. The average Bonchev–Trinajstić information content (AvgIpc) is 3.32. The molecule has 4 aromatic rings. The molecule has 0 atom stereocenters. The minimum atomic E-state index is -0.494. The van der Waals surface area contributed by atoms with Crippen LogP contribution in [0.5, 0.6) is 0 Å². The predicted octanol–water partition coefficient (Wildman–Crippen LogP) is 3.92. The zero-order valence-electron chi connectivity index (χ0n) is 15.0. The summed E-state index contributed by atoms with van der Waals surface area (Å²) in [5.74, 6) is 0.248. The fourth-order valence-electron chi connectivity index (χ4n) is 2.95. The topological polar surface area (TPSA) is 116 Å². The summed E-state index contributed by atoms with van der Waals surface area (Å²) in [6, 6.07) is 9.54. The molecule has 1 aromatic carbocycles. The second-order valence-corrected chi connectivity index (χ2v) is 7.03. The van der Waals surface area contributed by atoms with E-state index in [1.165, 1.54) is 16.0 Å². The highest BCUT2D eigenvalue weighted by molar-refractivity contribution is 7.14. The number of carbonyl (C=O) groups is 1. The van der Waals surface area contributed by atoms with Crippen molar-refractivity contribution < 1.29 is 14.1 Å². The fourth-order valence-corrected chi connectivity index (χ4v) is 3.67. The first-order valence-electron chi connectivity index (χ1n) is 8.35. The van der Waals surface area contributed by atoms with Crippen LogP contribution in [0.1, 0.15) is 11.4 Å². The predicted molar refractivity (Wildman–Crippen MR) is 104 cm³/mol. The molecule has 4 rings (SSSR count). The quantitative estimate of drug-likeness (QED) is 0.403. The fraction of sp³-hybridized carbons (Fsp3) is 0.167. The summed E-state index contributed by atoms with van der Waals surface area (Å²) in [7, 11) is 0. The first-order chi connectivity index (χ1) is 13.4. The maximum atomic E-state index is 12.3. The number of anilines is 1. The summed E-state index contributed by atoms with van der Waals surface area (Å²) >= 11 is 1.27. The van der Waals surface area contributed by atoms with E-state index >= 15 is 0 Å². The molecule has 0 spiro atoms. The van der Waals surface area contributed by atoms with Crippen LogP contribution in [0.15, 0.2) is 40.1 Å². The van der Waals surface area contributed by atoms with Gasteiger partial charge in [0.2, 0.25) is 5.91 Å². The van der Waals surface area contributed by atoms with E-state index in [2.05, 4.69) is 15.4 Å². The summed E-state index contributed by atoms with van der Waals surface area (Å²) in [5, 5.41) is 21.0. The molecule has 0 unspecified atom stereocenters. The lowest BCUT2D eigenvalue weighted by atomic mass is 10.2. The Morgan fingerprint density at radius 1 is 1.36 bits per heavy atom. The normalized spacial score (nSPS) is 11.1. The van der Waals surface area contributed by atoms with Gasteiger partial charge in [0.25, 0.3) is 0 Å². The molecule has 0 aliphatic carbocycles. The zero-order chi connectivity index (χ0) is 19.8. The van der Waals surface area contributed by atoms with Gasteiger partial charge in [0.15, 0.2) is 10.9 Å². The number of rotatable bonds is 5. The first-order valence-corrected chi connectivity index (χ1v) is 9.23. The average molecular weight is 397 g/mol. The van der Waals surface area contributed by atoms with Crippen LogP contribution in [0, 0.1) is 24.0 Å². The lowest BCUT2D eigenvalue weighted by Crippen LogP contribution is -2.20. The number of furan rings is 1. The van der Waals surface area contributed by atoms with Gasteiger partial charge in [-0.1, -0.05) is 18.2 Å². The van der Waals surface area contributed by atoms with Crippen molar-refractivity contribution in [2.24, 2.45) is 0 Å². The van der Waals surface area contributed by atoms with Crippen molar-refractivity contribution in [3.05, 3.63) is 57.2 Å². The molecule has 1 N–H and O–H groups in total. The number of aryl methyl sites for hydroxylation is 1. The Hall–Kier alpha value is -3.53. The molecular weight excluding hydrogens is 382 g/mol. The van der Waals surface area contributed by atoms with Crippen molar-refractivity contribution in [2.45, 2.75) is 20.4 Å². The molecule has 3 aromatic heterocycles. The number of hydrogen-bond acceptors (Lipinski definition) is 7. The smallest absolute Gasteiger partial charge is 0.312 e. The van der Waals surface area contributed by atoms with Gasteiger partial charge in [-0.3, -0.25) is 19.6 Å². The lowest BCUT2D eigenvalue weighted by Gasteiger charge is -2.03. The van der Waals surface area contributed by atoms with Crippen LogP contribution in [0.2, 0.25) is 0 Å². The molecule has 28 heavy (non-hydrogen) atoms. The minimum Gasteiger partial charge on any atom is -0.454 e. The van der Waals surface area contributed by atoms with E-state index in [0.717, 1.165) is 11.0 Å². The van der Waals surface area contributed by atoms with E-state index in [1.54, 1.807) is 19.2 Å². The Morgan fingerprint density at radius 3 is 2.86 bits per heavy atom. The molecule has 0 fully saturated rings. The monoisotopic (exact) mass is 397 g/mol. The minimum absolute atomic E-state index is 0.0748. The number of nitro groups is 1. The number of aromatic nitrogens is 3. The van der Waals surface area contributed by atoms with Gasteiger partial charge < -0.3 is 9.73 Å². The third-order valence-electron chi connectivity index (χ3n) is 4.25. The second kappa shape index (κ2) is 6.89. The van der Waals surface area contributed by atoms with Crippen LogP contribution < -0.4 is 5.32 Å². The number of para-hydroxylation sites is 1. The van der Waals surface area contributed by atoms with Crippen LogP contribution in [0.4, 0.5) is 10.8 Å². The molecule has 0 radical (unpaired) electrons. The van der Waals surface area contributed by atoms with E-state index < -0.39 is 4.92 Å². The van der Waals surface area contributed by atoms with Crippen molar-refractivity contribution in [3.63, 3.8) is 0 Å². The third kappa shape index (κ3) is 3.25. The Labute approximate surface area is 162 Å². The highest BCUT2D eigenvalue weighted by Crippen LogP contribution is 2.30. The van der Waals surface area contributed by atoms with Gasteiger partial charge in [0.1, 0.15) is 29.2 Å². The molecule has 1 amide bonds. The van der Waals surface area contributed by atoms with Crippen LogP contribution in [-0.4, -0.2) is 25.6 Å². The third-order valence-corrected chi connectivity index (χ3v) is 5.01. The number of thiazole rings is 1. The van der Waals surface area contributed by atoms with Crippen LogP contribution >= 0.6 is 11.3 Å². The zero-order valence-corrected chi connectivity index (χ0v) is 15.8. The van der Waals surface area contributed by atoms with Crippen molar-refractivity contribution in [2.75, 3.05) is 5.32 Å². The summed E-state index contributed by atoms with van der Waals surface area (Å²) in [5.41, 5.74) is 1.92. The van der Waals surface area contributed by atoms with E-state index in [0.29, 0.717) is 22.3 Å². The molecule has 142 valence electrons. The number of hydrogen-bond donors (Lipinski definition) is 1. The van der Waals surface area contributed by atoms with Gasteiger partial charge in [-0.2, -0.15) is 5.10 Å². The van der Waals surface area contributed by atoms with Gasteiger partial charge in [0.05, 0.1) is 4.92 Å². The van der Waals surface area contributed by atoms with Crippen LogP contribution in [0.25, 0.3) is 22.4 Å².